The molecule has 1 saturated heterocycles. The van der Waals surface area contributed by atoms with Crippen LogP contribution in [0, 0.1) is 0 Å². The third-order valence-electron chi connectivity index (χ3n) is 7.22. The van der Waals surface area contributed by atoms with Gasteiger partial charge in [-0.05, 0) is 61.9 Å². The standard InChI is InChI=1S/C28H36N2O7/c1-33-21-12-11-19(17-24(21)36-4)13-16-29-26(31)20-18-37-28(14-6-5-7-15-28)30(20)27(32)25-22(34-2)9-8-10-23(25)35-3/h8-12,17,20H,5-7,13-16,18H2,1-4H3,(H,29,31). The number of nitrogens with zero attached hydrogens (tertiary/aromatic N) is 1. The largest absolute Gasteiger partial charge is 0.496 e. The van der Waals surface area contributed by atoms with Crippen LogP contribution in [0.2, 0.25) is 0 Å². The Morgan fingerprint density at radius 2 is 1.57 bits per heavy atom. The van der Waals surface area contributed by atoms with Gasteiger partial charge in [0.05, 0.1) is 35.0 Å². The van der Waals surface area contributed by atoms with Gasteiger partial charge in [0.25, 0.3) is 5.91 Å². The van der Waals surface area contributed by atoms with E-state index in [4.69, 9.17) is 23.7 Å². The second kappa shape index (κ2) is 11.7. The summed E-state index contributed by atoms with van der Waals surface area (Å²) in [5, 5.41) is 3.01. The van der Waals surface area contributed by atoms with Crippen molar-refractivity contribution in [2.45, 2.75) is 50.3 Å². The minimum atomic E-state index is -0.813. The van der Waals surface area contributed by atoms with Crippen LogP contribution in [0.25, 0.3) is 0 Å². The fourth-order valence-electron chi connectivity index (χ4n) is 5.34. The van der Waals surface area contributed by atoms with Crippen LogP contribution in [-0.4, -0.2) is 70.1 Å². The number of carbonyl (C=O) groups excluding carboxylic acids is 2. The number of methoxy groups -OCH3 is 4. The molecule has 2 aliphatic rings. The van der Waals surface area contributed by atoms with E-state index in [0.29, 0.717) is 54.4 Å². The van der Waals surface area contributed by atoms with Gasteiger partial charge in [0.15, 0.2) is 11.5 Å². The monoisotopic (exact) mass is 512 g/mol. The highest BCUT2D eigenvalue weighted by Gasteiger charge is 2.53. The minimum absolute atomic E-state index is 0.144. The normalized spacial score (nSPS) is 18.4. The minimum Gasteiger partial charge on any atom is -0.496 e. The summed E-state index contributed by atoms with van der Waals surface area (Å²) in [4.78, 5) is 29.2. The highest BCUT2D eigenvalue weighted by molar-refractivity contribution is 6.02. The summed E-state index contributed by atoms with van der Waals surface area (Å²) >= 11 is 0. The molecule has 2 aromatic rings. The van der Waals surface area contributed by atoms with Crippen LogP contribution in [0.3, 0.4) is 0 Å². The van der Waals surface area contributed by atoms with Crippen molar-refractivity contribution in [3.05, 3.63) is 47.5 Å². The lowest BCUT2D eigenvalue weighted by Gasteiger charge is -2.41. The Hall–Kier alpha value is -3.46. The van der Waals surface area contributed by atoms with Gasteiger partial charge >= 0.3 is 0 Å². The van der Waals surface area contributed by atoms with E-state index in [0.717, 1.165) is 24.8 Å². The Kier molecular flexibility index (Phi) is 8.43. The van der Waals surface area contributed by atoms with Gasteiger partial charge in [0.2, 0.25) is 5.91 Å². The molecule has 1 saturated carbocycles. The highest BCUT2D eigenvalue weighted by atomic mass is 16.5. The Labute approximate surface area is 218 Å². The molecule has 37 heavy (non-hydrogen) atoms. The Balaban J connectivity index is 1.55. The molecule has 9 heteroatoms. The summed E-state index contributed by atoms with van der Waals surface area (Å²) in [6.45, 7) is 0.545. The summed E-state index contributed by atoms with van der Waals surface area (Å²) in [6, 6.07) is 10.1. The van der Waals surface area contributed by atoms with Crippen molar-refractivity contribution in [3.63, 3.8) is 0 Å². The second-order valence-corrected chi connectivity index (χ2v) is 9.28. The Morgan fingerprint density at radius 3 is 2.19 bits per heavy atom. The molecule has 0 radical (unpaired) electrons. The van der Waals surface area contributed by atoms with E-state index in [1.807, 2.05) is 18.2 Å². The number of hydrogen-bond donors (Lipinski definition) is 1. The van der Waals surface area contributed by atoms with Crippen molar-refractivity contribution in [1.29, 1.82) is 0 Å². The van der Waals surface area contributed by atoms with Crippen molar-refractivity contribution in [2.75, 3.05) is 41.6 Å². The smallest absolute Gasteiger partial charge is 0.264 e. The molecule has 1 heterocycles. The average molecular weight is 513 g/mol. The first kappa shape index (κ1) is 26.6. The number of carbonyl (C=O) groups is 2. The van der Waals surface area contributed by atoms with Gasteiger partial charge in [-0.1, -0.05) is 18.6 Å². The second-order valence-electron chi connectivity index (χ2n) is 9.28. The molecule has 4 rings (SSSR count). The molecule has 2 fully saturated rings. The van der Waals surface area contributed by atoms with Gasteiger partial charge in [-0.3, -0.25) is 14.5 Å². The van der Waals surface area contributed by atoms with Crippen molar-refractivity contribution < 1.29 is 33.3 Å². The van der Waals surface area contributed by atoms with Crippen LogP contribution in [0.5, 0.6) is 23.0 Å². The van der Waals surface area contributed by atoms with Crippen LogP contribution >= 0.6 is 0 Å². The third kappa shape index (κ3) is 5.32. The summed E-state index contributed by atoms with van der Waals surface area (Å²) in [5.41, 5.74) is 0.481. The van der Waals surface area contributed by atoms with Crippen LogP contribution in [-0.2, 0) is 16.0 Å². The SMILES string of the molecule is COc1ccc(CCNC(=O)C2COC3(CCCCC3)N2C(=O)c2c(OC)cccc2OC)cc1OC. The topological polar surface area (TPSA) is 95.6 Å². The molecule has 9 nitrogen and oxygen atoms in total. The first-order chi connectivity index (χ1) is 18.0. The maximum Gasteiger partial charge on any atom is 0.264 e. The number of nitrogens with one attached hydrogen (secondary N) is 1. The van der Waals surface area contributed by atoms with Crippen LogP contribution in [0.1, 0.15) is 48.0 Å². The molecule has 1 aliphatic heterocycles. The highest BCUT2D eigenvalue weighted by Crippen LogP contribution is 2.43. The number of benzene rings is 2. The van der Waals surface area contributed by atoms with Crippen molar-refractivity contribution in [3.8, 4) is 23.0 Å². The third-order valence-corrected chi connectivity index (χ3v) is 7.22. The molecular formula is C28H36N2O7. The van der Waals surface area contributed by atoms with Crippen LogP contribution in [0.4, 0.5) is 0 Å². The number of ether oxygens (including phenoxy) is 5. The van der Waals surface area contributed by atoms with E-state index < -0.39 is 11.8 Å². The summed E-state index contributed by atoms with van der Waals surface area (Å²) in [5.74, 6) is 1.51. The van der Waals surface area contributed by atoms with Crippen molar-refractivity contribution in [1.82, 2.24) is 10.2 Å². The quantitative estimate of drug-likeness (QED) is 0.549. The first-order valence-electron chi connectivity index (χ1n) is 12.6. The summed E-state index contributed by atoms with van der Waals surface area (Å²) < 4.78 is 27.9. The van der Waals surface area contributed by atoms with Crippen LogP contribution in [0.15, 0.2) is 36.4 Å². The average Bonchev–Trinajstić information content (AvgIpc) is 3.30. The van der Waals surface area contributed by atoms with Crippen molar-refractivity contribution >= 4 is 11.8 Å². The predicted octanol–water partition coefficient (Wildman–Crippen LogP) is 3.58. The zero-order valence-corrected chi connectivity index (χ0v) is 22.0. The first-order valence-corrected chi connectivity index (χ1v) is 12.6. The Morgan fingerprint density at radius 1 is 0.919 bits per heavy atom. The van der Waals surface area contributed by atoms with E-state index in [-0.39, 0.29) is 18.4 Å². The fourth-order valence-corrected chi connectivity index (χ4v) is 5.34. The number of amides is 2. The van der Waals surface area contributed by atoms with Gasteiger partial charge in [-0.2, -0.15) is 0 Å². The number of rotatable bonds is 9. The van der Waals surface area contributed by atoms with Crippen LogP contribution < -0.4 is 24.3 Å². The maximum absolute atomic E-state index is 14.1. The van der Waals surface area contributed by atoms with Crippen molar-refractivity contribution in [2.24, 2.45) is 0 Å². The molecular weight excluding hydrogens is 476 g/mol. The van der Waals surface area contributed by atoms with Gasteiger partial charge in [0.1, 0.15) is 28.8 Å². The molecule has 0 aromatic heterocycles. The molecule has 1 atom stereocenters. The van der Waals surface area contributed by atoms with E-state index in [9.17, 15) is 9.59 Å². The molecule has 200 valence electrons. The van der Waals surface area contributed by atoms with E-state index >= 15 is 0 Å². The summed E-state index contributed by atoms with van der Waals surface area (Å²) in [7, 11) is 6.21. The van der Waals surface area contributed by atoms with Gasteiger partial charge in [-0.25, -0.2) is 0 Å². The molecule has 1 unspecified atom stereocenters. The molecule has 1 spiro atoms. The molecule has 2 amide bonds. The van der Waals surface area contributed by atoms with E-state index in [1.165, 1.54) is 14.2 Å². The number of hydrogen-bond acceptors (Lipinski definition) is 7. The molecule has 1 aliphatic carbocycles. The lowest BCUT2D eigenvalue weighted by atomic mass is 9.89. The molecule has 1 N–H and O–H groups in total. The van der Waals surface area contributed by atoms with E-state index in [1.54, 1.807) is 37.3 Å². The zero-order valence-electron chi connectivity index (χ0n) is 22.0. The van der Waals surface area contributed by atoms with Gasteiger partial charge < -0.3 is 29.0 Å². The predicted molar refractivity (Wildman–Crippen MR) is 138 cm³/mol. The fraction of sp³-hybridized carbons (Fsp3) is 0.500. The van der Waals surface area contributed by atoms with Gasteiger partial charge in [-0.15, -0.1) is 0 Å². The molecule has 0 bridgehead atoms. The molecule has 2 aromatic carbocycles. The van der Waals surface area contributed by atoms with E-state index in [2.05, 4.69) is 5.32 Å². The zero-order chi connectivity index (χ0) is 26.4. The van der Waals surface area contributed by atoms with Gasteiger partial charge in [0, 0.05) is 6.54 Å². The maximum atomic E-state index is 14.1. The Bertz CT molecular complexity index is 1090. The summed E-state index contributed by atoms with van der Waals surface area (Å²) in [6.07, 6.45) is 4.91. The lowest BCUT2D eigenvalue weighted by molar-refractivity contribution is -0.127. The lowest BCUT2D eigenvalue weighted by Crippen LogP contribution is -2.56.